The standard InChI is InChI=1S/C21H20F6N2O2.C21H23F3N2O.C21H23N3O2.C21H24N2O2.C20H18F6N2O2/c1-28-18(30)15-6-9-17-14(11-15)3-2-10-29(17)12-13-4-7-16(8-5-13)19(31,20(22,23)24)21(25,26)27;1-20(2,21(22,23)24)17-8-5-14(6-9-17)13-26-11-3-4-15-12-16(19(25)27)7-10-18(15)26;22-21(26)17-7-9-19-16(12-17)2-1-11-24(19)13-14-3-5-15(6-4-14)18-8-10-20(25)23-18;22-21(24)18-7-8-20-17(12-18)2-1-10-23(20)13-15-3-5-16(6-4-15)19-9-11-25-14-19;21-19(22,23)18(30,20(24,25)26)15-6-3-12(4-7-15)11-28-9-1-2-13-10-14(17(27)29)5-8-16(13)28/h4-9,11,31H,2-3,10,12H2,1H3,(H,28,30);5-10,12H,3-4,11,13H2,1-2H3,(H2,25,27);3-7,9,12,18H,1-2,8,10-11,13H2,(H2,22,26)(H,23,25);3-8,12,19H,1-2,9-11,13-14H2,(H2,22,24);3-8,10,30H,1-2,9,11H2,(H2,27,29). The zero-order valence-electron chi connectivity index (χ0n) is 76.5. The topological polar surface area (TPSA) is 296 Å². The van der Waals surface area contributed by atoms with Gasteiger partial charge < -0.3 is 73.0 Å². The first-order chi connectivity index (χ1) is 65.6. The van der Waals surface area contributed by atoms with Crippen molar-refractivity contribution in [1.29, 1.82) is 0 Å². The summed E-state index contributed by atoms with van der Waals surface area (Å²) < 4.78 is 201. The molecule has 7 heterocycles. The van der Waals surface area contributed by atoms with Gasteiger partial charge in [0.2, 0.25) is 29.5 Å². The fourth-order valence-corrected chi connectivity index (χ4v) is 18.5. The summed E-state index contributed by atoms with van der Waals surface area (Å²) in [7, 11) is 1.52. The number of aliphatic hydroxyl groups is 2. The Labute approximate surface area is 793 Å². The quantitative estimate of drug-likeness (QED) is 0.0329. The third-order valence-corrected chi connectivity index (χ3v) is 26.5. The lowest BCUT2D eigenvalue weighted by Crippen LogP contribution is -2.53. The Hall–Kier alpha value is -13.2. The molecule has 0 aromatic heterocycles. The van der Waals surface area contributed by atoms with Gasteiger partial charge in [-0.3, -0.25) is 28.8 Å². The number of aryl methyl sites for hydroxylation is 5. The lowest BCUT2D eigenvalue weighted by atomic mass is 9.83. The van der Waals surface area contributed by atoms with Gasteiger partial charge in [-0.05, 0) is 254 Å². The molecule has 0 saturated carbocycles. The number of ether oxygens (including phenoxy) is 1. The van der Waals surface area contributed by atoms with Gasteiger partial charge in [0.05, 0.1) is 18.1 Å². The summed E-state index contributed by atoms with van der Waals surface area (Å²) >= 11 is 0. The molecule has 7 aliphatic heterocycles. The van der Waals surface area contributed by atoms with Gasteiger partial charge >= 0.3 is 30.9 Å². The second-order valence-electron chi connectivity index (χ2n) is 36.2. The molecule has 0 spiro atoms. The molecule has 0 aliphatic carbocycles. The molecule has 2 fully saturated rings. The molecule has 738 valence electrons. The molecule has 0 radical (unpaired) electrons. The molecule has 12 N–H and O–H groups in total. The average molecular weight is 1940 g/mol. The molecule has 139 heavy (non-hydrogen) atoms. The number of nitrogens with zero attached hydrogens (tertiary/aromatic N) is 5. The van der Waals surface area contributed by atoms with Gasteiger partial charge in [0.15, 0.2) is 0 Å². The van der Waals surface area contributed by atoms with E-state index in [1.54, 1.807) is 66.7 Å². The minimum atomic E-state index is -5.92. The minimum Gasteiger partial charge on any atom is -0.381 e. The number of hydrogen-bond acceptors (Lipinski definition) is 14. The molecule has 35 heteroatoms. The normalized spacial score (nSPS) is 16.6. The van der Waals surface area contributed by atoms with E-state index in [4.69, 9.17) is 27.7 Å². The van der Waals surface area contributed by atoms with Crippen LogP contribution in [0, 0.1) is 0 Å². The monoisotopic (exact) mass is 1940 g/mol. The summed E-state index contributed by atoms with van der Waals surface area (Å²) in [5.74, 6) is -1.27. The lowest BCUT2D eigenvalue weighted by Gasteiger charge is -2.33. The number of alkyl halides is 15. The van der Waals surface area contributed by atoms with E-state index in [1.807, 2.05) is 58.3 Å². The summed E-state index contributed by atoms with van der Waals surface area (Å²) in [6, 6.07) is 58.6. The van der Waals surface area contributed by atoms with Crippen LogP contribution >= 0.6 is 0 Å². The van der Waals surface area contributed by atoms with Crippen molar-refractivity contribution >= 4 is 63.9 Å². The van der Waals surface area contributed by atoms with Crippen LogP contribution in [-0.4, -0.2) is 130 Å². The van der Waals surface area contributed by atoms with Crippen molar-refractivity contribution in [2.45, 2.75) is 190 Å². The van der Waals surface area contributed by atoms with Gasteiger partial charge in [-0.2, -0.15) is 65.9 Å². The van der Waals surface area contributed by atoms with Gasteiger partial charge in [-0.15, -0.1) is 0 Å². The number of carbonyl (C=O) groups is 6. The summed E-state index contributed by atoms with van der Waals surface area (Å²) in [6.07, 6.45) is -16.3. The molecule has 2 atom stereocenters. The Kier molecular flexibility index (Phi) is 31.7. The van der Waals surface area contributed by atoms with E-state index in [0.717, 1.165) is 187 Å². The zero-order valence-corrected chi connectivity index (χ0v) is 76.5. The molecule has 2 unspecified atom stereocenters. The molecule has 6 amide bonds. The number of primary amides is 4. The molecule has 2 saturated heterocycles. The number of fused-ring (bicyclic) bond motifs is 5. The molecule has 20 nitrogen and oxygen atoms in total. The maximum absolute atomic E-state index is 13.2. The Bertz CT molecular complexity index is 6020. The summed E-state index contributed by atoms with van der Waals surface area (Å²) in [5.41, 5.74) is 27.4. The lowest BCUT2D eigenvalue weighted by molar-refractivity contribution is -0.376. The number of halogens is 15. The maximum atomic E-state index is 13.2. The van der Waals surface area contributed by atoms with Gasteiger partial charge in [0, 0.05) is 159 Å². The third kappa shape index (κ3) is 23.9. The number of benzene rings is 10. The van der Waals surface area contributed by atoms with Gasteiger partial charge in [0.25, 0.3) is 17.1 Å². The molecule has 7 aliphatic rings. The number of amides is 6. The number of nitrogens with one attached hydrogen (secondary N) is 2. The molecule has 0 bridgehead atoms. The van der Waals surface area contributed by atoms with Crippen LogP contribution in [0.4, 0.5) is 94.3 Å². The average Bonchev–Trinajstić information content (AvgIpc) is 1.69. The zero-order chi connectivity index (χ0) is 100. The molecular weight excluding hydrogens is 1830 g/mol. The first kappa shape index (κ1) is 103. The van der Waals surface area contributed by atoms with Crippen molar-refractivity contribution in [3.63, 3.8) is 0 Å². The van der Waals surface area contributed by atoms with Gasteiger partial charge in [-0.1, -0.05) is 121 Å². The van der Waals surface area contributed by atoms with Crippen molar-refractivity contribution in [1.82, 2.24) is 10.6 Å². The van der Waals surface area contributed by atoms with Crippen molar-refractivity contribution in [3.05, 3.63) is 324 Å². The van der Waals surface area contributed by atoms with E-state index >= 15 is 0 Å². The molecular formula is C104H108F15N11O9. The summed E-state index contributed by atoms with van der Waals surface area (Å²) in [5, 5.41) is 24.5. The van der Waals surface area contributed by atoms with E-state index in [-0.39, 0.29) is 48.3 Å². The predicted octanol–water partition coefficient (Wildman–Crippen LogP) is 18.9. The highest BCUT2D eigenvalue weighted by molar-refractivity contribution is 5.96. The smallest absolute Gasteiger partial charge is 0.381 e. The van der Waals surface area contributed by atoms with E-state index < -0.39 is 70.4 Å². The van der Waals surface area contributed by atoms with E-state index in [1.165, 1.54) is 65.7 Å². The van der Waals surface area contributed by atoms with Crippen LogP contribution in [0.25, 0.3) is 0 Å². The number of nitrogens with two attached hydrogens (primary N) is 4. The maximum Gasteiger partial charge on any atom is 0.430 e. The van der Waals surface area contributed by atoms with Crippen LogP contribution < -0.4 is 58.1 Å². The number of hydrogen-bond donors (Lipinski definition) is 8. The van der Waals surface area contributed by atoms with Crippen molar-refractivity contribution in [2.75, 3.05) is 77.5 Å². The Morgan fingerprint density at radius 1 is 0.360 bits per heavy atom. The largest absolute Gasteiger partial charge is 0.430 e. The predicted molar refractivity (Wildman–Crippen MR) is 498 cm³/mol. The highest BCUT2D eigenvalue weighted by Crippen LogP contribution is 2.53. The highest BCUT2D eigenvalue weighted by atomic mass is 19.4. The Morgan fingerprint density at radius 3 is 0.871 bits per heavy atom. The molecule has 10 aromatic rings. The van der Waals surface area contributed by atoms with Gasteiger partial charge in [0.1, 0.15) is 0 Å². The number of carbonyl (C=O) groups excluding carboxylic acids is 6. The van der Waals surface area contributed by atoms with Crippen LogP contribution in [0.2, 0.25) is 0 Å². The minimum absolute atomic E-state index is 0.138. The van der Waals surface area contributed by atoms with Crippen molar-refractivity contribution < 1.29 is 110 Å². The first-order valence-electron chi connectivity index (χ1n) is 45.5. The van der Waals surface area contributed by atoms with Crippen LogP contribution in [0.1, 0.15) is 212 Å². The molecule has 10 aromatic carbocycles. The number of anilines is 5. The fraction of sp³-hybridized carbons (Fsp3) is 0.365. The highest BCUT2D eigenvalue weighted by Gasteiger charge is 2.72. The van der Waals surface area contributed by atoms with Crippen LogP contribution in [-0.2, 0) is 91.0 Å². The van der Waals surface area contributed by atoms with E-state index in [9.17, 15) is 105 Å². The van der Waals surface area contributed by atoms with Crippen LogP contribution in [0.3, 0.4) is 0 Å². The SMILES string of the molecule is CC(C)(c1ccc(CN2CCCc3cc(C(N)=O)ccc32)cc1)C(F)(F)F.CNC(=O)c1ccc2c(c1)CCCN2Cc1ccc(C(O)(C(F)(F)F)C(F)(F)F)cc1.NC(=O)c1ccc2c(c1)CCCN2Cc1ccc(C(O)(C(F)(F)F)C(F)(F)F)cc1.NC(=O)c1ccc2c(c1)CCCN2Cc1ccc(C2CCC(=O)N2)cc1.NC(=O)c1ccc2c(c1)CCCN2Cc1ccc(C2CCOC2)cc1. The Morgan fingerprint density at radius 2 is 0.626 bits per heavy atom. The van der Waals surface area contributed by atoms with Crippen molar-refractivity contribution in [2.24, 2.45) is 22.9 Å². The summed E-state index contributed by atoms with van der Waals surface area (Å²) in [4.78, 5) is 79.5. The first-order valence-corrected chi connectivity index (χ1v) is 45.5. The summed E-state index contributed by atoms with van der Waals surface area (Å²) in [6.45, 7) is 11.1. The van der Waals surface area contributed by atoms with E-state index in [0.29, 0.717) is 95.2 Å². The van der Waals surface area contributed by atoms with Crippen molar-refractivity contribution in [3.8, 4) is 0 Å². The number of rotatable bonds is 20. The Balaban J connectivity index is 0.000000147. The second kappa shape index (κ2) is 42.7. The third-order valence-electron chi connectivity index (χ3n) is 26.5. The molecule has 17 rings (SSSR count). The van der Waals surface area contributed by atoms with Crippen LogP contribution in [0.5, 0.6) is 0 Å². The van der Waals surface area contributed by atoms with Gasteiger partial charge in [-0.25, -0.2) is 0 Å². The fourth-order valence-electron chi connectivity index (χ4n) is 18.5. The van der Waals surface area contributed by atoms with Crippen LogP contribution in [0.15, 0.2) is 212 Å². The van der Waals surface area contributed by atoms with E-state index in [2.05, 4.69) is 73.9 Å². The second-order valence-corrected chi connectivity index (χ2v) is 36.2.